The first kappa shape index (κ1) is 14.8. The molecular weight excluding hydrogens is 284 g/mol. The molecule has 2 amide bonds. The van der Waals surface area contributed by atoms with Gasteiger partial charge in [0.1, 0.15) is 17.9 Å². The van der Waals surface area contributed by atoms with Crippen molar-refractivity contribution in [1.82, 2.24) is 10.2 Å². The van der Waals surface area contributed by atoms with Crippen LogP contribution >= 0.6 is 0 Å². The van der Waals surface area contributed by atoms with Gasteiger partial charge in [-0.3, -0.25) is 9.59 Å². The first-order valence-electron chi connectivity index (χ1n) is 7.54. The largest absolute Gasteiger partial charge is 0.497 e. The van der Waals surface area contributed by atoms with Gasteiger partial charge in [0.25, 0.3) is 5.91 Å². The number of hydrogen-bond donors (Lipinski definition) is 1. The number of ether oxygens (including phenoxy) is 2. The molecule has 0 aliphatic carbocycles. The molecule has 0 radical (unpaired) electrons. The van der Waals surface area contributed by atoms with Crippen LogP contribution in [-0.4, -0.2) is 49.6 Å². The number of piperazine rings is 1. The summed E-state index contributed by atoms with van der Waals surface area (Å²) in [6.07, 6.45) is 1.21. The van der Waals surface area contributed by atoms with E-state index in [1.807, 2.05) is 12.1 Å². The van der Waals surface area contributed by atoms with Crippen molar-refractivity contribution in [1.29, 1.82) is 0 Å². The van der Waals surface area contributed by atoms with Crippen LogP contribution in [-0.2, 0) is 14.3 Å². The van der Waals surface area contributed by atoms with E-state index in [1.165, 1.54) is 0 Å². The van der Waals surface area contributed by atoms with E-state index >= 15 is 0 Å². The third-order valence-corrected chi connectivity index (χ3v) is 4.13. The third kappa shape index (κ3) is 2.78. The second-order valence-electron chi connectivity index (χ2n) is 5.50. The Balaban J connectivity index is 1.85. The summed E-state index contributed by atoms with van der Waals surface area (Å²) >= 11 is 0. The van der Waals surface area contributed by atoms with Crippen molar-refractivity contribution in [3.63, 3.8) is 0 Å². The molecule has 22 heavy (non-hydrogen) atoms. The first-order chi connectivity index (χ1) is 10.7. The molecule has 2 aliphatic heterocycles. The Morgan fingerprint density at radius 2 is 2.14 bits per heavy atom. The molecule has 2 aliphatic rings. The van der Waals surface area contributed by atoms with Crippen LogP contribution in [0, 0.1) is 0 Å². The average Bonchev–Trinajstić information content (AvgIpc) is 3.08. The highest BCUT2D eigenvalue weighted by molar-refractivity contribution is 5.91. The lowest BCUT2D eigenvalue weighted by Crippen LogP contribution is -2.54. The Kier molecular flexibility index (Phi) is 4.29. The zero-order valence-corrected chi connectivity index (χ0v) is 12.6. The van der Waals surface area contributed by atoms with Crippen molar-refractivity contribution in [2.45, 2.75) is 25.0 Å². The van der Waals surface area contributed by atoms with Gasteiger partial charge >= 0.3 is 0 Å². The maximum absolute atomic E-state index is 12.6. The summed E-state index contributed by atoms with van der Waals surface area (Å²) in [7, 11) is 1.59. The smallest absolute Gasteiger partial charge is 0.252 e. The summed E-state index contributed by atoms with van der Waals surface area (Å²) < 4.78 is 10.6. The Morgan fingerprint density at radius 3 is 2.77 bits per heavy atom. The van der Waals surface area contributed by atoms with Crippen molar-refractivity contribution in [3.8, 4) is 5.75 Å². The van der Waals surface area contributed by atoms with Crippen molar-refractivity contribution in [2.75, 3.05) is 26.8 Å². The number of nitrogens with zero attached hydrogens (tertiary/aromatic N) is 1. The molecule has 1 aromatic rings. The highest BCUT2D eigenvalue weighted by atomic mass is 16.5. The van der Waals surface area contributed by atoms with Gasteiger partial charge < -0.3 is 19.7 Å². The van der Waals surface area contributed by atoms with Gasteiger partial charge in [-0.05, 0) is 30.5 Å². The molecule has 2 fully saturated rings. The van der Waals surface area contributed by atoms with Crippen LogP contribution in [0.2, 0.25) is 0 Å². The van der Waals surface area contributed by atoms with Gasteiger partial charge in [0.15, 0.2) is 0 Å². The predicted octanol–water partition coefficient (Wildman–Crippen LogP) is 0.874. The standard InChI is InChI=1S/C16H20N2O4/c1-21-12-6-4-11(5-7-12)14-15(19)17-8-9-18(14)16(20)13-3-2-10-22-13/h4-7,13-14H,2-3,8-10H2,1H3,(H,17,19). The summed E-state index contributed by atoms with van der Waals surface area (Å²) in [5.74, 6) is 0.480. The fraction of sp³-hybridized carbons (Fsp3) is 0.500. The Hall–Kier alpha value is -2.08. The van der Waals surface area contributed by atoms with E-state index < -0.39 is 12.1 Å². The predicted molar refractivity (Wildman–Crippen MR) is 79.4 cm³/mol. The molecule has 2 saturated heterocycles. The molecule has 1 aromatic carbocycles. The van der Waals surface area contributed by atoms with Gasteiger partial charge in [-0.25, -0.2) is 0 Å². The van der Waals surface area contributed by atoms with Crippen LogP contribution in [0.15, 0.2) is 24.3 Å². The summed E-state index contributed by atoms with van der Waals surface area (Å²) in [4.78, 5) is 26.6. The van der Waals surface area contributed by atoms with E-state index in [0.29, 0.717) is 19.7 Å². The van der Waals surface area contributed by atoms with E-state index in [2.05, 4.69) is 5.32 Å². The molecule has 1 N–H and O–H groups in total. The van der Waals surface area contributed by atoms with Crippen molar-refractivity contribution in [2.24, 2.45) is 0 Å². The second-order valence-corrected chi connectivity index (χ2v) is 5.50. The van der Waals surface area contributed by atoms with Crippen LogP contribution < -0.4 is 10.1 Å². The van der Waals surface area contributed by atoms with Gasteiger partial charge in [-0.15, -0.1) is 0 Å². The van der Waals surface area contributed by atoms with Crippen LogP contribution in [0.1, 0.15) is 24.4 Å². The highest BCUT2D eigenvalue weighted by Crippen LogP contribution is 2.27. The molecule has 2 unspecified atom stereocenters. The minimum atomic E-state index is -0.601. The fourth-order valence-electron chi connectivity index (χ4n) is 2.98. The van der Waals surface area contributed by atoms with Crippen molar-refractivity contribution in [3.05, 3.63) is 29.8 Å². The minimum Gasteiger partial charge on any atom is -0.497 e. The topological polar surface area (TPSA) is 67.9 Å². The van der Waals surface area contributed by atoms with Gasteiger partial charge in [0, 0.05) is 19.7 Å². The van der Waals surface area contributed by atoms with Crippen molar-refractivity contribution < 1.29 is 19.1 Å². The zero-order chi connectivity index (χ0) is 15.5. The van der Waals surface area contributed by atoms with Crippen LogP contribution in [0.25, 0.3) is 0 Å². The van der Waals surface area contributed by atoms with Gasteiger partial charge in [0.2, 0.25) is 5.91 Å². The summed E-state index contributed by atoms with van der Waals surface area (Å²) in [6.45, 7) is 1.59. The summed E-state index contributed by atoms with van der Waals surface area (Å²) in [6, 6.07) is 6.64. The minimum absolute atomic E-state index is 0.0897. The molecule has 0 bridgehead atoms. The van der Waals surface area contributed by atoms with Gasteiger partial charge in [-0.2, -0.15) is 0 Å². The molecule has 3 rings (SSSR count). The fourth-order valence-corrected chi connectivity index (χ4v) is 2.98. The summed E-state index contributed by atoms with van der Waals surface area (Å²) in [5, 5.41) is 2.83. The van der Waals surface area contributed by atoms with E-state index in [9.17, 15) is 9.59 Å². The SMILES string of the molecule is COc1ccc(C2C(=O)NCCN2C(=O)C2CCCO2)cc1. The maximum atomic E-state index is 12.6. The lowest BCUT2D eigenvalue weighted by molar-refractivity contribution is -0.150. The molecule has 0 aromatic heterocycles. The number of amides is 2. The quantitative estimate of drug-likeness (QED) is 0.900. The number of carbonyl (C=O) groups is 2. The van der Waals surface area contributed by atoms with Crippen LogP contribution in [0.3, 0.4) is 0 Å². The molecule has 2 atom stereocenters. The number of benzene rings is 1. The van der Waals surface area contributed by atoms with E-state index in [-0.39, 0.29) is 11.8 Å². The van der Waals surface area contributed by atoms with E-state index in [0.717, 1.165) is 24.2 Å². The maximum Gasteiger partial charge on any atom is 0.252 e. The van der Waals surface area contributed by atoms with Gasteiger partial charge in [0.05, 0.1) is 7.11 Å². The first-order valence-corrected chi connectivity index (χ1v) is 7.54. The second kappa shape index (κ2) is 6.36. The average molecular weight is 304 g/mol. The molecule has 118 valence electrons. The number of methoxy groups -OCH3 is 1. The van der Waals surface area contributed by atoms with E-state index in [4.69, 9.17) is 9.47 Å². The molecule has 0 spiro atoms. The molecule has 2 heterocycles. The Labute approximate surface area is 129 Å². The summed E-state index contributed by atoms with van der Waals surface area (Å²) in [5.41, 5.74) is 0.782. The molecular formula is C16H20N2O4. The normalized spacial score (nSPS) is 25.0. The molecule has 6 nitrogen and oxygen atoms in total. The Morgan fingerprint density at radius 1 is 1.36 bits per heavy atom. The Bertz CT molecular complexity index is 552. The zero-order valence-electron chi connectivity index (χ0n) is 12.6. The molecule has 6 heteroatoms. The highest BCUT2D eigenvalue weighted by Gasteiger charge is 2.38. The lowest BCUT2D eigenvalue weighted by atomic mass is 10.0. The van der Waals surface area contributed by atoms with Crippen molar-refractivity contribution >= 4 is 11.8 Å². The number of rotatable bonds is 3. The number of nitrogens with one attached hydrogen (secondary N) is 1. The third-order valence-electron chi connectivity index (χ3n) is 4.13. The lowest BCUT2D eigenvalue weighted by Gasteiger charge is -2.36. The van der Waals surface area contributed by atoms with E-state index in [1.54, 1.807) is 24.1 Å². The van der Waals surface area contributed by atoms with Crippen LogP contribution in [0.5, 0.6) is 5.75 Å². The number of hydrogen-bond acceptors (Lipinski definition) is 4. The number of carbonyl (C=O) groups excluding carboxylic acids is 2. The molecule has 0 saturated carbocycles. The van der Waals surface area contributed by atoms with Crippen LogP contribution in [0.4, 0.5) is 0 Å². The monoisotopic (exact) mass is 304 g/mol. The van der Waals surface area contributed by atoms with Gasteiger partial charge in [-0.1, -0.05) is 12.1 Å².